The Balaban J connectivity index is 1.59. The molecule has 0 N–H and O–H groups in total. The lowest BCUT2D eigenvalue weighted by Gasteiger charge is -2.22. The fourth-order valence-electron chi connectivity index (χ4n) is 4.38. The average molecular weight is 601 g/mol. The van der Waals surface area contributed by atoms with Crippen LogP contribution in [0.2, 0.25) is 0 Å². The van der Waals surface area contributed by atoms with Crippen molar-refractivity contribution in [1.29, 1.82) is 0 Å². The summed E-state index contributed by atoms with van der Waals surface area (Å²) in [5.41, 5.74) is 2.44. The minimum absolute atomic E-state index is 0.0904. The molecule has 8 heteroatoms. The molecular weight excluding hydrogens is 548 g/mol. The smallest absolute Gasteiger partial charge is 0.307 e. The lowest BCUT2D eigenvalue weighted by molar-refractivity contribution is -0.153. The molecule has 0 aliphatic carbocycles. The van der Waals surface area contributed by atoms with Gasteiger partial charge in [0.2, 0.25) is 0 Å². The maximum Gasteiger partial charge on any atom is 0.307 e. The monoisotopic (exact) mass is 600 g/mol. The molecule has 0 saturated heterocycles. The molecule has 7 nitrogen and oxygen atoms in total. The molecule has 0 saturated carbocycles. The van der Waals surface area contributed by atoms with Crippen molar-refractivity contribution >= 4 is 23.9 Å². The van der Waals surface area contributed by atoms with Crippen LogP contribution in [0.4, 0.5) is 0 Å². The highest BCUT2D eigenvalue weighted by Gasteiger charge is 2.17. The maximum atomic E-state index is 12.3. The van der Waals surface area contributed by atoms with E-state index in [1.807, 2.05) is 39.0 Å². The number of nitrogens with zero attached hydrogens (tertiary/aromatic N) is 2. The Kier molecular flexibility index (Phi) is 18.2. The Morgan fingerprint density at radius 2 is 1.24 bits per heavy atom. The molecule has 2 rings (SSSR count). The van der Waals surface area contributed by atoms with E-state index < -0.39 is 0 Å². The molecule has 0 amide bonds. The van der Waals surface area contributed by atoms with Gasteiger partial charge in [-0.2, -0.15) is 0 Å². The summed E-state index contributed by atoms with van der Waals surface area (Å²) < 4.78 is 18.8. The van der Waals surface area contributed by atoms with E-state index in [0.29, 0.717) is 19.4 Å². The second-order valence-electron chi connectivity index (χ2n) is 11.7. The molecule has 0 atom stereocenters. The zero-order chi connectivity index (χ0) is 30.5. The number of esters is 2. The number of hydrogen-bond donors (Lipinski definition) is 0. The van der Waals surface area contributed by atoms with Gasteiger partial charge in [-0.05, 0) is 55.0 Å². The zero-order valence-corrected chi connectivity index (χ0v) is 27.0. The Bertz CT molecular complexity index is 984. The number of unbranched alkanes of at least 4 members (excludes halogenated alkanes) is 2. The molecule has 0 aliphatic heterocycles. The Morgan fingerprint density at radius 3 is 1.81 bits per heavy atom. The molecule has 2 aromatic carbocycles. The molecule has 2 aromatic rings. The number of hydrogen-bond acceptors (Lipinski definition) is 8. The summed E-state index contributed by atoms with van der Waals surface area (Å²) in [4.78, 5) is 26.4. The summed E-state index contributed by atoms with van der Waals surface area (Å²) in [6.07, 6.45) is 6.95. The molecule has 0 radical (unpaired) electrons. The number of carbonyl (C=O) groups excluding carboxylic acids is 2. The van der Waals surface area contributed by atoms with Gasteiger partial charge in [-0.15, -0.1) is 0 Å². The van der Waals surface area contributed by atoms with E-state index in [1.54, 1.807) is 11.9 Å². The van der Waals surface area contributed by atoms with Gasteiger partial charge < -0.3 is 14.2 Å². The molecule has 0 heterocycles. The van der Waals surface area contributed by atoms with Crippen LogP contribution in [0.5, 0.6) is 0 Å². The second kappa shape index (κ2) is 21.3. The second-order valence-corrected chi connectivity index (χ2v) is 12.6. The van der Waals surface area contributed by atoms with Crippen molar-refractivity contribution in [2.45, 2.75) is 72.4 Å². The molecule has 0 fully saturated rings. The number of rotatable bonds is 22. The Labute approximate surface area is 258 Å². The quantitative estimate of drug-likeness (QED) is 0.0835. The number of ether oxygens (including phenoxy) is 3. The van der Waals surface area contributed by atoms with Crippen LogP contribution in [0.25, 0.3) is 0 Å². The Hall–Kier alpha value is -2.39. The molecule has 234 valence electrons. The Morgan fingerprint density at radius 1 is 0.690 bits per heavy atom. The van der Waals surface area contributed by atoms with E-state index in [2.05, 4.69) is 57.9 Å². The largest absolute Gasteiger partial charge is 0.462 e. The van der Waals surface area contributed by atoms with Gasteiger partial charge in [-0.1, -0.05) is 93.4 Å². The van der Waals surface area contributed by atoms with E-state index in [1.165, 1.54) is 11.1 Å². The maximum absolute atomic E-state index is 12.3. The third kappa shape index (κ3) is 18.2. The van der Waals surface area contributed by atoms with E-state index in [9.17, 15) is 9.59 Å². The van der Waals surface area contributed by atoms with Gasteiger partial charge in [0.1, 0.15) is 13.2 Å². The third-order valence-corrected chi connectivity index (χ3v) is 7.41. The topological polar surface area (TPSA) is 68.3 Å². The minimum atomic E-state index is -0.271. The van der Waals surface area contributed by atoms with Crippen molar-refractivity contribution in [2.24, 2.45) is 5.41 Å². The molecule has 0 aliphatic rings. The average Bonchev–Trinajstić information content (AvgIpc) is 2.96. The van der Waals surface area contributed by atoms with Gasteiger partial charge in [-0.25, -0.2) is 4.31 Å². The van der Waals surface area contributed by atoms with E-state index in [-0.39, 0.29) is 30.6 Å². The van der Waals surface area contributed by atoms with Crippen molar-refractivity contribution in [2.75, 3.05) is 52.3 Å². The molecule has 0 unspecified atom stereocenters. The van der Waals surface area contributed by atoms with Gasteiger partial charge in [0, 0.05) is 39.4 Å². The van der Waals surface area contributed by atoms with Gasteiger partial charge in [0.15, 0.2) is 0 Å². The first-order chi connectivity index (χ1) is 20.2. The van der Waals surface area contributed by atoms with E-state index in [0.717, 1.165) is 65.1 Å². The normalized spacial score (nSPS) is 11.7. The van der Waals surface area contributed by atoms with Crippen molar-refractivity contribution in [3.05, 3.63) is 71.8 Å². The van der Waals surface area contributed by atoms with Crippen LogP contribution >= 0.6 is 11.9 Å². The first-order valence-electron chi connectivity index (χ1n) is 15.2. The van der Waals surface area contributed by atoms with Crippen LogP contribution < -0.4 is 0 Å². The number of carbonyl (C=O) groups is 2. The molecule has 0 bridgehead atoms. The van der Waals surface area contributed by atoms with E-state index in [4.69, 9.17) is 14.2 Å². The van der Waals surface area contributed by atoms with Crippen LogP contribution in [0.15, 0.2) is 60.7 Å². The molecule has 0 spiro atoms. The zero-order valence-electron chi connectivity index (χ0n) is 26.2. The lowest BCUT2D eigenvalue weighted by Crippen LogP contribution is -2.28. The summed E-state index contributed by atoms with van der Waals surface area (Å²) in [7, 11) is 0. The van der Waals surface area contributed by atoms with Crippen LogP contribution in [-0.4, -0.2) is 73.5 Å². The van der Waals surface area contributed by atoms with Crippen molar-refractivity contribution in [3.63, 3.8) is 0 Å². The summed E-state index contributed by atoms with van der Waals surface area (Å²) in [6, 6.07) is 20.9. The standard InChI is InChI=1S/C34H52N2O5S/c1-34(2,3)27-33(38)41-26-25-40-32(37)19-22-35(28-30-15-7-5-8-16-30)20-11-13-23-39-24-14-12-21-36(42-4)29-31-17-9-6-10-18-31/h5-10,15-18H,11-14,19-29H2,1-4H3. The van der Waals surface area contributed by atoms with Crippen LogP contribution in [0.3, 0.4) is 0 Å². The molecular formula is C34H52N2O5S. The van der Waals surface area contributed by atoms with Crippen molar-refractivity contribution in [1.82, 2.24) is 9.21 Å². The van der Waals surface area contributed by atoms with Gasteiger partial charge >= 0.3 is 11.9 Å². The summed E-state index contributed by atoms with van der Waals surface area (Å²) in [6.45, 7) is 12.0. The molecule has 0 aromatic heterocycles. The molecule has 42 heavy (non-hydrogen) atoms. The third-order valence-electron chi connectivity index (χ3n) is 6.58. The van der Waals surface area contributed by atoms with E-state index >= 15 is 0 Å². The van der Waals surface area contributed by atoms with Gasteiger partial charge in [0.05, 0.1) is 12.8 Å². The predicted molar refractivity (Wildman–Crippen MR) is 172 cm³/mol. The van der Waals surface area contributed by atoms with Gasteiger partial charge in [0.25, 0.3) is 0 Å². The van der Waals surface area contributed by atoms with Gasteiger partial charge in [-0.3, -0.25) is 14.5 Å². The van der Waals surface area contributed by atoms with Crippen molar-refractivity contribution < 1.29 is 23.8 Å². The fraction of sp³-hybridized carbons (Fsp3) is 0.588. The summed E-state index contributed by atoms with van der Waals surface area (Å²) in [5, 5.41) is 0. The van der Waals surface area contributed by atoms with Crippen LogP contribution in [-0.2, 0) is 36.9 Å². The predicted octanol–water partition coefficient (Wildman–Crippen LogP) is 6.76. The first-order valence-corrected chi connectivity index (χ1v) is 16.4. The highest BCUT2D eigenvalue weighted by atomic mass is 32.2. The van der Waals surface area contributed by atoms with Crippen LogP contribution in [0.1, 0.15) is 70.4 Å². The highest BCUT2D eigenvalue weighted by molar-refractivity contribution is 7.96. The number of benzene rings is 2. The summed E-state index contributed by atoms with van der Waals surface area (Å²) >= 11 is 1.80. The first kappa shape index (κ1) is 35.8. The fourth-order valence-corrected chi connectivity index (χ4v) is 4.97. The van der Waals surface area contributed by atoms with Crippen molar-refractivity contribution in [3.8, 4) is 0 Å². The highest BCUT2D eigenvalue weighted by Crippen LogP contribution is 2.18. The minimum Gasteiger partial charge on any atom is -0.462 e. The lowest BCUT2D eigenvalue weighted by atomic mass is 9.93. The summed E-state index contributed by atoms with van der Waals surface area (Å²) in [5.74, 6) is -0.537. The SMILES string of the molecule is CSN(CCCCOCCCCN(CCC(=O)OCCOC(=O)CC(C)(C)C)Cc1ccccc1)Cc1ccccc1. The van der Waals surface area contributed by atoms with Crippen LogP contribution in [0, 0.1) is 5.41 Å².